The van der Waals surface area contributed by atoms with Gasteiger partial charge in [0, 0.05) is 12.8 Å². The Morgan fingerprint density at radius 3 is 1.41 bits per heavy atom. The first-order valence-corrected chi connectivity index (χ1v) is 24.6. The molecule has 1 aliphatic carbocycles. The van der Waals surface area contributed by atoms with Crippen LogP contribution < -0.4 is 0 Å². The van der Waals surface area contributed by atoms with Gasteiger partial charge in [0.15, 0.2) is 6.10 Å². The van der Waals surface area contributed by atoms with Gasteiger partial charge in [-0.1, -0.05) is 164 Å². The first-order chi connectivity index (χ1) is 29.4. The van der Waals surface area contributed by atoms with E-state index in [1.807, 2.05) is 12.2 Å². The fourth-order valence-corrected chi connectivity index (χ4v) is 7.65. The summed E-state index contributed by atoms with van der Waals surface area (Å²) < 4.78 is 33.5. The lowest BCUT2D eigenvalue weighted by molar-refractivity contribution is -0.220. The number of aliphatic hydroxyl groups excluding tert-OH is 5. The van der Waals surface area contributed by atoms with Gasteiger partial charge in [-0.25, -0.2) is 4.57 Å². The number of hydrogen-bond acceptors (Lipinski definition) is 12. The zero-order valence-corrected chi connectivity index (χ0v) is 38.1. The van der Waals surface area contributed by atoms with Crippen LogP contribution in [0, 0.1) is 0 Å². The number of carbonyl (C=O) groups excluding carboxylic acids is 2. The molecule has 0 heterocycles. The molecular weight excluding hydrogens is 803 g/mol. The fourth-order valence-electron chi connectivity index (χ4n) is 6.68. The Labute approximate surface area is 366 Å². The van der Waals surface area contributed by atoms with E-state index in [4.69, 9.17) is 18.5 Å². The first kappa shape index (κ1) is 56.6. The Morgan fingerprint density at radius 1 is 0.525 bits per heavy atom. The van der Waals surface area contributed by atoms with Gasteiger partial charge in [0.1, 0.15) is 43.2 Å². The van der Waals surface area contributed by atoms with Crippen LogP contribution in [0.15, 0.2) is 60.8 Å². The van der Waals surface area contributed by atoms with Gasteiger partial charge in [-0.05, 0) is 51.4 Å². The minimum atomic E-state index is -5.13. The van der Waals surface area contributed by atoms with Gasteiger partial charge in [0.25, 0.3) is 0 Å². The molecule has 0 bridgehead atoms. The number of unbranched alkanes of at least 4 members (excludes halogenated alkanes) is 15. The van der Waals surface area contributed by atoms with Crippen molar-refractivity contribution in [1.82, 2.24) is 0 Å². The topological polar surface area (TPSA) is 210 Å². The van der Waals surface area contributed by atoms with Crippen molar-refractivity contribution in [1.29, 1.82) is 0 Å². The average molecular weight is 885 g/mol. The molecule has 0 amide bonds. The standard InChI is InChI=1S/C47H81O13P/c1-3-5-7-9-11-13-15-17-19-20-22-24-26-28-30-32-34-36-41(49)59-39(38-58-61(55,56)60-47-45(53)43(51)42(50)44(52)46(47)54)37-57-40(48)35-33-31-29-27-25-23-21-18-16-14-12-10-8-6-4-2/h5,7,11,13,17,19,22,24,28,30,39,42-47,50-54H,3-4,6,8-10,12,14-16,18,20-21,23,25-27,29,31-38H2,1-2H3,(H,55,56)/b7-5-,13-11-,19-17-,24-22-,30-28-/t39-,42?,43-,44?,45?,46?,47?/m1/s1. The minimum Gasteiger partial charge on any atom is -0.462 e. The predicted octanol–water partition coefficient (Wildman–Crippen LogP) is 8.94. The molecule has 1 rings (SSSR count). The predicted molar refractivity (Wildman–Crippen MR) is 239 cm³/mol. The fraction of sp³-hybridized carbons (Fsp3) is 0.745. The second-order valence-electron chi connectivity index (χ2n) is 15.9. The highest BCUT2D eigenvalue weighted by Crippen LogP contribution is 2.47. The third kappa shape index (κ3) is 29.5. The van der Waals surface area contributed by atoms with Gasteiger partial charge in [-0.15, -0.1) is 0 Å². The molecule has 0 radical (unpaired) electrons. The molecule has 352 valence electrons. The smallest absolute Gasteiger partial charge is 0.462 e. The number of hydrogen-bond donors (Lipinski definition) is 6. The maximum atomic E-state index is 12.8. The zero-order chi connectivity index (χ0) is 45.0. The lowest BCUT2D eigenvalue weighted by Gasteiger charge is -2.41. The van der Waals surface area contributed by atoms with Gasteiger partial charge in [-0.2, -0.15) is 0 Å². The molecule has 1 aliphatic rings. The van der Waals surface area contributed by atoms with Crippen LogP contribution in [0.1, 0.15) is 168 Å². The van der Waals surface area contributed by atoms with E-state index in [0.29, 0.717) is 19.3 Å². The van der Waals surface area contributed by atoms with Crippen LogP contribution >= 0.6 is 7.82 Å². The van der Waals surface area contributed by atoms with Crippen LogP contribution in [0.25, 0.3) is 0 Å². The van der Waals surface area contributed by atoms with Crippen molar-refractivity contribution < 1.29 is 63.1 Å². The molecule has 0 aromatic rings. The molecule has 14 heteroatoms. The van der Waals surface area contributed by atoms with E-state index >= 15 is 0 Å². The van der Waals surface area contributed by atoms with Crippen molar-refractivity contribution in [2.45, 2.75) is 211 Å². The summed E-state index contributed by atoms with van der Waals surface area (Å²) in [6, 6.07) is 0. The summed E-state index contributed by atoms with van der Waals surface area (Å²) in [5.74, 6) is -1.17. The van der Waals surface area contributed by atoms with Crippen molar-refractivity contribution in [3.63, 3.8) is 0 Å². The number of allylic oxidation sites excluding steroid dienone is 10. The molecule has 0 saturated heterocycles. The van der Waals surface area contributed by atoms with Crippen molar-refractivity contribution in [2.75, 3.05) is 13.2 Å². The Morgan fingerprint density at radius 2 is 0.934 bits per heavy atom. The van der Waals surface area contributed by atoms with Crippen molar-refractivity contribution in [2.24, 2.45) is 0 Å². The highest BCUT2D eigenvalue weighted by molar-refractivity contribution is 7.47. The monoisotopic (exact) mass is 885 g/mol. The summed E-state index contributed by atoms with van der Waals surface area (Å²) in [5, 5.41) is 50.1. The van der Waals surface area contributed by atoms with E-state index in [2.05, 4.69) is 62.5 Å². The second kappa shape index (κ2) is 37.0. The SMILES string of the molecule is CC/C=C\C/C=C\C/C=C\C/C=C\C/C=C\CCCC(=O)O[C@H](COC(=O)CCCCCCCCCCCCCCCCC)COP(=O)(O)OC1C(O)C(O)C(O)[C@@H](O)C1O. The Bertz CT molecular complexity index is 1300. The minimum absolute atomic E-state index is 0.0176. The Hall–Kier alpha value is -2.45. The van der Waals surface area contributed by atoms with E-state index in [0.717, 1.165) is 51.4 Å². The van der Waals surface area contributed by atoms with E-state index in [1.54, 1.807) is 0 Å². The van der Waals surface area contributed by atoms with Crippen molar-refractivity contribution >= 4 is 19.8 Å². The van der Waals surface area contributed by atoms with Crippen LogP contribution in [0.3, 0.4) is 0 Å². The third-order valence-corrected chi connectivity index (χ3v) is 11.4. The van der Waals surface area contributed by atoms with Gasteiger partial charge >= 0.3 is 19.8 Å². The largest absolute Gasteiger partial charge is 0.472 e. The van der Waals surface area contributed by atoms with Gasteiger partial charge in [-0.3, -0.25) is 18.6 Å². The van der Waals surface area contributed by atoms with Crippen molar-refractivity contribution in [3.8, 4) is 0 Å². The maximum Gasteiger partial charge on any atom is 0.472 e. The Kier molecular flexibility index (Phi) is 34.3. The lowest BCUT2D eigenvalue weighted by atomic mass is 9.85. The van der Waals surface area contributed by atoms with Gasteiger partial charge < -0.3 is 39.9 Å². The van der Waals surface area contributed by atoms with Gasteiger partial charge in [0.2, 0.25) is 0 Å². The highest BCUT2D eigenvalue weighted by Gasteiger charge is 2.51. The van der Waals surface area contributed by atoms with E-state index < -0.39 is 75.7 Å². The number of carbonyl (C=O) groups is 2. The molecule has 13 nitrogen and oxygen atoms in total. The summed E-state index contributed by atoms with van der Waals surface area (Å²) in [5.41, 5.74) is 0. The first-order valence-electron chi connectivity index (χ1n) is 23.1. The summed E-state index contributed by atoms with van der Waals surface area (Å²) in [7, 11) is -5.13. The number of rotatable bonds is 37. The van der Waals surface area contributed by atoms with Crippen LogP contribution in [0.5, 0.6) is 0 Å². The molecule has 6 N–H and O–H groups in total. The Balaban J connectivity index is 2.51. The van der Waals surface area contributed by atoms with Crippen molar-refractivity contribution in [3.05, 3.63) is 60.8 Å². The molecular formula is C47H81O13P. The molecule has 0 spiro atoms. The molecule has 1 saturated carbocycles. The molecule has 0 aromatic carbocycles. The lowest BCUT2D eigenvalue weighted by Crippen LogP contribution is -2.64. The zero-order valence-electron chi connectivity index (χ0n) is 37.2. The average Bonchev–Trinajstić information content (AvgIpc) is 3.24. The number of phosphoric acid groups is 1. The summed E-state index contributed by atoms with van der Waals surface area (Å²) in [6.07, 6.45) is 31.4. The number of phosphoric ester groups is 1. The number of ether oxygens (including phenoxy) is 2. The van der Waals surface area contributed by atoms with E-state index in [9.17, 15) is 44.6 Å². The molecule has 1 fully saturated rings. The normalized spacial score (nSPS) is 22.6. The highest BCUT2D eigenvalue weighted by atomic mass is 31.2. The number of esters is 2. The molecule has 6 unspecified atom stereocenters. The molecule has 61 heavy (non-hydrogen) atoms. The van der Waals surface area contributed by atoms with Gasteiger partial charge in [0.05, 0.1) is 6.61 Å². The van der Waals surface area contributed by atoms with E-state index in [1.165, 1.54) is 70.6 Å². The summed E-state index contributed by atoms with van der Waals surface area (Å²) in [6.45, 7) is 3.14. The van der Waals surface area contributed by atoms with Crippen LogP contribution in [-0.2, 0) is 32.7 Å². The molecule has 8 atom stereocenters. The summed E-state index contributed by atoms with van der Waals surface area (Å²) >= 11 is 0. The van der Waals surface area contributed by atoms with Crippen LogP contribution in [0.2, 0.25) is 0 Å². The second-order valence-corrected chi connectivity index (χ2v) is 17.3. The number of aliphatic hydroxyl groups is 5. The molecule has 0 aromatic heterocycles. The van der Waals surface area contributed by atoms with Crippen LogP contribution in [-0.4, -0.2) is 98.3 Å². The third-order valence-electron chi connectivity index (χ3n) is 10.4. The summed E-state index contributed by atoms with van der Waals surface area (Å²) in [4.78, 5) is 35.7. The van der Waals surface area contributed by atoms with E-state index in [-0.39, 0.29) is 12.8 Å². The maximum absolute atomic E-state index is 12.8. The van der Waals surface area contributed by atoms with Crippen LogP contribution in [0.4, 0.5) is 0 Å². The quantitative estimate of drug-likeness (QED) is 0.0149. The molecule has 0 aliphatic heterocycles.